The number of ether oxygens (including phenoxy) is 4. The Morgan fingerprint density at radius 2 is 1.19 bits per heavy atom. The summed E-state index contributed by atoms with van der Waals surface area (Å²) in [5, 5.41) is 30.6. The van der Waals surface area contributed by atoms with Gasteiger partial charge < -0.3 is 34.3 Å². The lowest BCUT2D eigenvalue weighted by Gasteiger charge is -2.41. The lowest BCUT2D eigenvalue weighted by molar-refractivity contribution is -0.301. The summed E-state index contributed by atoms with van der Waals surface area (Å²) in [5.74, 6) is -0.402. The van der Waals surface area contributed by atoms with E-state index in [-0.39, 0.29) is 19.6 Å². The van der Waals surface area contributed by atoms with Crippen molar-refractivity contribution in [3.8, 4) is 0 Å². The molecule has 1 aliphatic heterocycles. The molecule has 0 saturated carbocycles. The summed E-state index contributed by atoms with van der Waals surface area (Å²) in [6.45, 7) is 3.87. The molecule has 0 bridgehead atoms. The molecule has 6 unspecified atom stereocenters. The molecule has 0 aliphatic carbocycles. The zero-order valence-corrected chi connectivity index (χ0v) is 36.9. The standard InChI is InChI=1S/C45H82O12S/c1-3-5-7-9-11-13-15-17-18-19-20-21-23-25-27-29-31-33-35-53-37-39(38-54-45-43(49)44(57-58(50,51)52)42(48)40(36-46)56-45)55-41(47)34-32-30-28-26-24-22-16-14-12-10-8-6-4-2/h5,7,11,13,17-18,39-40,42-46,48-49H,3-4,6,8-10,12,14-16,19-38H2,1-2H3,(H,50,51,52)/b7-5-,13-11-,18-17-. The molecule has 0 spiro atoms. The molecule has 12 nitrogen and oxygen atoms in total. The molecule has 4 N–H and O–H groups in total. The van der Waals surface area contributed by atoms with Gasteiger partial charge in [0.05, 0.1) is 19.8 Å². The molecule has 340 valence electrons. The van der Waals surface area contributed by atoms with E-state index in [1.807, 2.05) is 0 Å². The Balaban J connectivity index is 2.42. The minimum absolute atomic E-state index is 0.0329. The normalized spacial score (nSPS) is 20.8. The first-order valence-corrected chi connectivity index (χ1v) is 24.1. The van der Waals surface area contributed by atoms with Gasteiger partial charge in [-0.3, -0.25) is 9.35 Å². The lowest BCUT2D eigenvalue weighted by atomic mass is 9.99. The second-order valence-electron chi connectivity index (χ2n) is 15.6. The van der Waals surface area contributed by atoms with Crippen LogP contribution in [0.1, 0.15) is 181 Å². The molecule has 0 aromatic carbocycles. The van der Waals surface area contributed by atoms with Crippen LogP contribution in [0, 0.1) is 0 Å². The molecule has 1 fully saturated rings. The van der Waals surface area contributed by atoms with E-state index < -0.39 is 59.8 Å². The number of aliphatic hydroxyl groups excluding tert-OH is 3. The zero-order valence-electron chi connectivity index (χ0n) is 36.1. The van der Waals surface area contributed by atoms with Crippen molar-refractivity contribution < 1.29 is 56.2 Å². The van der Waals surface area contributed by atoms with Gasteiger partial charge in [-0.25, -0.2) is 4.18 Å². The topological polar surface area (TPSA) is 178 Å². The van der Waals surface area contributed by atoms with Gasteiger partial charge in [0.2, 0.25) is 0 Å². The van der Waals surface area contributed by atoms with Crippen molar-refractivity contribution >= 4 is 16.4 Å². The molecule has 1 saturated heterocycles. The zero-order chi connectivity index (χ0) is 42.5. The third-order valence-corrected chi connectivity index (χ3v) is 10.7. The maximum Gasteiger partial charge on any atom is 0.397 e. The Bertz CT molecular complexity index is 1160. The summed E-state index contributed by atoms with van der Waals surface area (Å²) < 4.78 is 59.0. The van der Waals surface area contributed by atoms with Crippen LogP contribution in [-0.2, 0) is 38.3 Å². The van der Waals surface area contributed by atoms with Gasteiger partial charge >= 0.3 is 16.4 Å². The highest BCUT2D eigenvalue weighted by Crippen LogP contribution is 2.26. The SMILES string of the molecule is CC/C=C\C/C=C\C/C=C\CCCCCCCCCCOCC(COC1OC(CO)C(O)C(OS(=O)(=O)O)C1O)OC(=O)CCCCCCCCCCCCCCC. The first-order chi connectivity index (χ1) is 28.1. The largest absolute Gasteiger partial charge is 0.457 e. The van der Waals surface area contributed by atoms with Gasteiger partial charge in [0.25, 0.3) is 0 Å². The molecule has 1 rings (SSSR count). The molecule has 13 heteroatoms. The van der Waals surface area contributed by atoms with Gasteiger partial charge in [-0.1, -0.05) is 166 Å². The quantitative estimate of drug-likeness (QED) is 0.0200. The average molecular weight is 847 g/mol. The van der Waals surface area contributed by atoms with Crippen LogP contribution < -0.4 is 0 Å². The summed E-state index contributed by atoms with van der Waals surface area (Å²) in [6.07, 6.45) is 33.2. The lowest BCUT2D eigenvalue weighted by Crippen LogP contribution is -2.60. The van der Waals surface area contributed by atoms with Crippen LogP contribution in [0.25, 0.3) is 0 Å². The summed E-state index contributed by atoms with van der Waals surface area (Å²) in [5.41, 5.74) is 0. The molecule has 0 aromatic heterocycles. The third-order valence-electron chi connectivity index (χ3n) is 10.3. The highest BCUT2D eigenvalue weighted by molar-refractivity contribution is 7.80. The summed E-state index contributed by atoms with van der Waals surface area (Å²) >= 11 is 0. The van der Waals surface area contributed by atoms with E-state index in [2.05, 4.69) is 54.5 Å². The fourth-order valence-electron chi connectivity index (χ4n) is 6.86. The molecule has 1 aliphatic rings. The van der Waals surface area contributed by atoms with Crippen LogP contribution in [0.2, 0.25) is 0 Å². The predicted molar refractivity (Wildman–Crippen MR) is 230 cm³/mol. The van der Waals surface area contributed by atoms with E-state index in [1.165, 1.54) is 89.9 Å². The van der Waals surface area contributed by atoms with Crippen molar-refractivity contribution in [2.45, 2.75) is 218 Å². The number of esters is 1. The molecule has 6 atom stereocenters. The van der Waals surface area contributed by atoms with E-state index in [9.17, 15) is 28.5 Å². The minimum atomic E-state index is -5.06. The Labute approximate surface area is 352 Å². The van der Waals surface area contributed by atoms with Crippen molar-refractivity contribution in [3.05, 3.63) is 36.5 Å². The number of rotatable bonds is 39. The maximum atomic E-state index is 12.8. The van der Waals surface area contributed by atoms with Gasteiger partial charge in [-0.2, -0.15) is 8.42 Å². The van der Waals surface area contributed by atoms with E-state index in [0.29, 0.717) is 13.0 Å². The molecular formula is C45H82O12S. The summed E-state index contributed by atoms with van der Waals surface area (Å²) in [4.78, 5) is 12.8. The summed E-state index contributed by atoms with van der Waals surface area (Å²) in [7, 11) is -5.06. The van der Waals surface area contributed by atoms with E-state index in [1.54, 1.807) is 0 Å². The number of hydrogen-bond acceptors (Lipinski definition) is 11. The fraction of sp³-hybridized carbons (Fsp3) is 0.844. The first kappa shape index (κ1) is 54.3. The summed E-state index contributed by atoms with van der Waals surface area (Å²) in [6, 6.07) is 0. The maximum absolute atomic E-state index is 12.8. The number of hydrogen-bond donors (Lipinski definition) is 4. The Kier molecular flexibility index (Phi) is 34.8. The Morgan fingerprint density at radius 3 is 1.74 bits per heavy atom. The van der Waals surface area contributed by atoms with Gasteiger partial charge in [0.15, 0.2) is 6.29 Å². The van der Waals surface area contributed by atoms with Crippen LogP contribution >= 0.6 is 0 Å². The number of unbranched alkanes of at least 4 members (excludes halogenated alkanes) is 20. The van der Waals surface area contributed by atoms with Gasteiger partial charge in [-0.05, 0) is 44.9 Å². The van der Waals surface area contributed by atoms with Gasteiger partial charge in [0.1, 0.15) is 30.5 Å². The second-order valence-corrected chi connectivity index (χ2v) is 16.7. The number of carbonyl (C=O) groups is 1. The smallest absolute Gasteiger partial charge is 0.397 e. The average Bonchev–Trinajstić information content (AvgIpc) is 3.19. The van der Waals surface area contributed by atoms with Crippen LogP contribution in [-0.4, -0.2) is 97.5 Å². The van der Waals surface area contributed by atoms with Crippen molar-refractivity contribution in [1.82, 2.24) is 0 Å². The van der Waals surface area contributed by atoms with Crippen LogP contribution in [0.15, 0.2) is 36.5 Å². The van der Waals surface area contributed by atoms with Crippen molar-refractivity contribution in [2.75, 3.05) is 26.4 Å². The molecule has 0 amide bonds. The fourth-order valence-corrected chi connectivity index (χ4v) is 7.37. The molecule has 0 aromatic rings. The number of aliphatic hydroxyl groups is 3. The van der Waals surface area contributed by atoms with Crippen LogP contribution in [0.5, 0.6) is 0 Å². The van der Waals surface area contributed by atoms with Crippen LogP contribution in [0.3, 0.4) is 0 Å². The third kappa shape index (κ3) is 30.4. The number of allylic oxidation sites excluding steroid dienone is 6. The van der Waals surface area contributed by atoms with Crippen molar-refractivity contribution in [1.29, 1.82) is 0 Å². The number of carbonyl (C=O) groups excluding carboxylic acids is 1. The molecule has 58 heavy (non-hydrogen) atoms. The second kappa shape index (κ2) is 37.1. The highest BCUT2D eigenvalue weighted by atomic mass is 32.3. The van der Waals surface area contributed by atoms with E-state index in [4.69, 9.17) is 23.5 Å². The first-order valence-electron chi connectivity index (χ1n) is 22.7. The molecular weight excluding hydrogens is 765 g/mol. The van der Waals surface area contributed by atoms with E-state index >= 15 is 0 Å². The van der Waals surface area contributed by atoms with Gasteiger partial charge in [-0.15, -0.1) is 0 Å². The van der Waals surface area contributed by atoms with Crippen LogP contribution in [0.4, 0.5) is 0 Å². The molecule has 0 radical (unpaired) electrons. The van der Waals surface area contributed by atoms with Gasteiger partial charge in [0, 0.05) is 13.0 Å². The van der Waals surface area contributed by atoms with Crippen molar-refractivity contribution in [2.24, 2.45) is 0 Å². The minimum Gasteiger partial charge on any atom is -0.457 e. The van der Waals surface area contributed by atoms with E-state index in [0.717, 1.165) is 64.2 Å². The monoisotopic (exact) mass is 847 g/mol. The Morgan fingerprint density at radius 1 is 0.672 bits per heavy atom. The predicted octanol–water partition coefficient (Wildman–Crippen LogP) is 9.41. The highest BCUT2D eigenvalue weighted by Gasteiger charge is 2.48. The molecule has 1 heterocycles. The Hall–Kier alpha value is -1.68. The van der Waals surface area contributed by atoms with Crippen molar-refractivity contribution in [3.63, 3.8) is 0 Å².